The highest BCUT2D eigenvalue weighted by Gasteiger charge is 2.21. The molecule has 0 saturated carbocycles. The van der Waals surface area contributed by atoms with E-state index in [1.165, 1.54) is 16.3 Å². The number of rotatable bonds is 6. The molecule has 3 aromatic heterocycles. The highest BCUT2D eigenvalue weighted by molar-refractivity contribution is 6.23. The quantitative estimate of drug-likeness (QED) is 0.174. The predicted molar refractivity (Wildman–Crippen MR) is 224 cm³/mol. The molecular weight excluding hydrogens is 657 g/mol. The molecule has 6 aromatic carbocycles. The van der Waals surface area contributed by atoms with Gasteiger partial charge in [0.2, 0.25) is 0 Å². The van der Waals surface area contributed by atoms with Crippen LogP contribution in [0.2, 0.25) is 0 Å². The molecule has 0 amide bonds. The van der Waals surface area contributed by atoms with Gasteiger partial charge in [-0.25, -0.2) is 15.0 Å². The second-order valence-corrected chi connectivity index (χ2v) is 14.1. The van der Waals surface area contributed by atoms with Crippen LogP contribution in [-0.4, -0.2) is 19.5 Å². The second kappa shape index (κ2) is 13.3. The zero-order valence-corrected chi connectivity index (χ0v) is 29.9. The van der Waals surface area contributed by atoms with Crippen LogP contribution in [0.4, 0.5) is 0 Å². The van der Waals surface area contributed by atoms with Gasteiger partial charge < -0.3 is 4.57 Å². The van der Waals surface area contributed by atoms with Crippen molar-refractivity contribution < 1.29 is 0 Å². The number of benzene rings is 6. The molecule has 1 aliphatic rings. The van der Waals surface area contributed by atoms with Crippen molar-refractivity contribution in [2.24, 2.45) is 5.92 Å². The molecule has 10 rings (SSSR count). The SMILES string of the molecule is CC1C=CC(c2cc(-c3ccc(-c4ccc(-c5nc6ccccc6c6c7ccccc7n(-c7ccccc7)c56)cc4)cc3)nc(-c3ccccc3)n2)=CC1. The first kappa shape index (κ1) is 31.8. The van der Waals surface area contributed by atoms with Crippen LogP contribution >= 0.6 is 0 Å². The van der Waals surface area contributed by atoms with Crippen LogP contribution in [-0.2, 0) is 0 Å². The maximum atomic E-state index is 5.33. The lowest BCUT2D eigenvalue weighted by molar-refractivity contribution is 0.738. The number of allylic oxidation sites excluding steroid dienone is 4. The molecule has 0 saturated heterocycles. The summed E-state index contributed by atoms with van der Waals surface area (Å²) < 4.78 is 2.37. The fourth-order valence-electron chi connectivity index (χ4n) is 7.77. The van der Waals surface area contributed by atoms with Crippen molar-refractivity contribution in [3.8, 4) is 50.7 Å². The predicted octanol–water partition coefficient (Wildman–Crippen LogP) is 12.8. The molecule has 0 radical (unpaired) electrons. The summed E-state index contributed by atoms with van der Waals surface area (Å²) in [6.07, 6.45) is 7.76. The Balaban J connectivity index is 1.05. The molecule has 1 atom stereocenters. The van der Waals surface area contributed by atoms with E-state index in [1.54, 1.807) is 0 Å². The molecule has 54 heavy (non-hydrogen) atoms. The van der Waals surface area contributed by atoms with Crippen LogP contribution in [0.15, 0.2) is 182 Å². The average molecular weight is 693 g/mol. The van der Waals surface area contributed by atoms with E-state index in [2.05, 4.69) is 175 Å². The third kappa shape index (κ3) is 5.60. The van der Waals surface area contributed by atoms with E-state index in [4.69, 9.17) is 15.0 Å². The maximum Gasteiger partial charge on any atom is 0.160 e. The minimum Gasteiger partial charge on any atom is -0.307 e. The van der Waals surface area contributed by atoms with Crippen LogP contribution in [0, 0.1) is 5.92 Å². The number of nitrogens with zero attached hydrogens (tertiary/aromatic N) is 4. The molecule has 4 nitrogen and oxygen atoms in total. The van der Waals surface area contributed by atoms with Crippen molar-refractivity contribution in [2.75, 3.05) is 0 Å². The molecule has 0 bridgehead atoms. The highest BCUT2D eigenvalue weighted by atomic mass is 15.0. The lowest BCUT2D eigenvalue weighted by Crippen LogP contribution is -2.00. The molecule has 1 unspecified atom stereocenters. The minimum atomic E-state index is 0.538. The summed E-state index contributed by atoms with van der Waals surface area (Å²) in [5.41, 5.74) is 13.8. The smallest absolute Gasteiger partial charge is 0.160 e. The summed E-state index contributed by atoms with van der Waals surface area (Å²) in [7, 11) is 0. The Morgan fingerprint density at radius 2 is 1.15 bits per heavy atom. The topological polar surface area (TPSA) is 43.6 Å². The Morgan fingerprint density at radius 1 is 0.537 bits per heavy atom. The molecular formula is C50H36N4. The Hall–Kier alpha value is -6.91. The molecule has 3 heterocycles. The highest BCUT2D eigenvalue weighted by Crippen LogP contribution is 2.41. The standard InChI is InChI=1S/C50H36N4/c1-33-20-22-36(23-21-33)44-32-45(53-50(52-44)39-12-4-2-5-13-39)37-28-24-34(25-29-37)35-26-30-38(31-27-35)48-49-47(41-16-8-10-18-43(41)51-48)42-17-9-11-19-46(42)54(49)40-14-6-3-7-15-40/h2-20,22-33H,21H2,1H3. The van der Waals surface area contributed by atoms with Crippen molar-refractivity contribution in [3.05, 3.63) is 188 Å². The molecule has 0 fully saturated rings. The molecule has 4 heteroatoms. The summed E-state index contributed by atoms with van der Waals surface area (Å²) in [4.78, 5) is 15.4. The van der Waals surface area contributed by atoms with Gasteiger partial charge in [0.05, 0.1) is 33.6 Å². The number of hydrogen-bond donors (Lipinski definition) is 0. The van der Waals surface area contributed by atoms with Crippen LogP contribution in [0.1, 0.15) is 19.0 Å². The van der Waals surface area contributed by atoms with Gasteiger partial charge in [0, 0.05) is 38.5 Å². The zero-order valence-electron chi connectivity index (χ0n) is 29.9. The van der Waals surface area contributed by atoms with E-state index < -0.39 is 0 Å². The average Bonchev–Trinajstić information content (AvgIpc) is 3.60. The van der Waals surface area contributed by atoms with E-state index in [9.17, 15) is 0 Å². The Kier molecular flexibility index (Phi) is 7.80. The number of para-hydroxylation sites is 3. The lowest BCUT2D eigenvalue weighted by atomic mass is 9.95. The largest absolute Gasteiger partial charge is 0.307 e. The molecule has 0 aliphatic heterocycles. The van der Waals surface area contributed by atoms with Crippen LogP contribution < -0.4 is 0 Å². The minimum absolute atomic E-state index is 0.538. The van der Waals surface area contributed by atoms with Crippen LogP contribution in [0.25, 0.3) is 89.0 Å². The first-order valence-corrected chi connectivity index (χ1v) is 18.6. The number of fused-ring (bicyclic) bond motifs is 5. The van der Waals surface area contributed by atoms with Crippen molar-refractivity contribution >= 4 is 38.3 Å². The normalized spacial score (nSPS) is 14.2. The Labute approximate surface area is 314 Å². The summed E-state index contributed by atoms with van der Waals surface area (Å²) in [6.45, 7) is 2.24. The van der Waals surface area contributed by atoms with Gasteiger partial charge in [-0.2, -0.15) is 0 Å². The van der Waals surface area contributed by atoms with Gasteiger partial charge in [-0.3, -0.25) is 0 Å². The lowest BCUT2D eigenvalue weighted by Gasteiger charge is -2.14. The van der Waals surface area contributed by atoms with Crippen LogP contribution in [0.3, 0.4) is 0 Å². The van der Waals surface area contributed by atoms with E-state index in [0.29, 0.717) is 5.92 Å². The number of pyridine rings is 1. The Morgan fingerprint density at radius 3 is 1.87 bits per heavy atom. The van der Waals surface area contributed by atoms with Crippen molar-refractivity contribution in [1.82, 2.24) is 19.5 Å². The maximum absolute atomic E-state index is 5.33. The monoisotopic (exact) mass is 692 g/mol. The summed E-state index contributed by atoms with van der Waals surface area (Å²) in [6, 6.07) is 57.7. The van der Waals surface area contributed by atoms with Crippen molar-refractivity contribution in [2.45, 2.75) is 13.3 Å². The summed E-state index contributed by atoms with van der Waals surface area (Å²) in [5, 5.41) is 3.61. The van der Waals surface area contributed by atoms with Gasteiger partial charge in [-0.1, -0.05) is 159 Å². The third-order valence-corrected chi connectivity index (χ3v) is 10.6. The van der Waals surface area contributed by atoms with E-state index in [0.717, 1.165) is 84.8 Å². The number of hydrogen-bond acceptors (Lipinski definition) is 3. The van der Waals surface area contributed by atoms with Crippen molar-refractivity contribution in [1.29, 1.82) is 0 Å². The van der Waals surface area contributed by atoms with Gasteiger partial charge >= 0.3 is 0 Å². The van der Waals surface area contributed by atoms with Gasteiger partial charge in [0.25, 0.3) is 0 Å². The molecule has 1 aliphatic carbocycles. The molecule has 0 spiro atoms. The van der Waals surface area contributed by atoms with Gasteiger partial charge in [-0.05, 0) is 59.4 Å². The third-order valence-electron chi connectivity index (χ3n) is 10.6. The molecule has 0 N–H and O–H groups in total. The van der Waals surface area contributed by atoms with Gasteiger partial charge in [0.1, 0.15) is 0 Å². The molecule has 256 valence electrons. The van der Waals surface area contributed by atoms with Crippen LogP contribution in [0.5, 0.6) is 0 Å². The van der Waals surface area contributed by atoms with E-state index >= 15 is 0 Å². The van der Waals surface area contributed by atoms with Crippen molar-refractivity contribution in [3.63, 3.8) is 0 Å². The van der Waals surface area contributed by atoms with E-state index in [1.807, 2.05) is 18.2 Å². The fraction of sp³-hybridized carbons (Fsp3) is 0.0600. The van der Waals surface area contributed by atoms with Gasteiger partial charge in [-0.15, -0.1) is 0 Å². The van der Waals surface area contributed by atoms with E-state index in [-0.39, 0.29) is 0 Å². The Bertz CT molecular complexity index is 2880. The first-order chi connectivity index (χ1) is 26.7. The summed E-state index contributed by atoms with van der Waals surface area (Å²) in [5.74, 6) is 1.27. The summed E-state index contributed by atoms with van der Waals surface area (Å²) >= 11 is 0. The zero-order chi connectivity index (χ0) is 36.0. The molecule has 9 aromatic rings. The van der Waals surface area contributed by atoms with Gasteiger partial charge in [0.15, 0.2) is 5.82 Å². The second-order valence-electron chi connectivity index (χ2n) is 14.1. The fourth-order valence-corrected chi connectivity index (χ4v) is 7.77. The number of aromatic nitrogens is 4. The first-order valence-electron chi connectivity index (χ1n) is 18.6.